The third-order valence-electron chi connectivity index (χ3n) is 3.11. The minimum atomic E-state index is -0.995. The van der Waals surface area contributed by atoms with E-state index in [4.69, 9.17) is 9.84 Å². The van der Waals surface area contributed by atoms with E-state index in [0.29, 0.717) is 17.6 Å². The summed E-state index contributed by atoms with van der Waals surface area (Å²) in [6.45, 7) is 0.546. The minimum Gasteiger partial charge on any atom is -0.491 e. The predicted octanol–water partition coefficient (Wildman–Crippen LogP) is 2.88. The molecule has 0 amide bonds. The second-order valence-electron chi connectivity index (χ2n) is 4.58. The molecule has 2 aromatic rings. The molecule has 1 unspecified atom stereocenters. The smallest absolute Gasteiger partial charge is 0.337 e. The van der Waals surface area contributed by atoms with Crippen molar-refractivity contribution in [3.63, 3.8) is 0 Å². The Morgan fingerprint density at radius 3 is 3.05 bits per heavy atom. The van der Waals surface area contributed by atoms with Crippen LogP contribution in [0.25, 0.3) is 0 Å². The number of ether oxygens (including phenoxy) is 1. The van der Waals surface area contributed by atoms with Crippen LogP contribution in [0, 0.1) is 0 Å². The quantitative estimate of drug-likeness (QED) is 0.937. The lowest BCUT2D eigenvalue weighted by Crippen LogP contribution is -2.13. The lowest BCUT2D eigenvalue weighted by Gasteiger charge is -2.10. The van der Waals surface area contributed by atoms with E-state index in [2.05, 4.69) is 17.1 Å². The number of rotatable bonds is 4. The molecule has 1 aromatic heterocycles. The van der Waals surface area contributed by atoms with Gasteiger partial charge in [0.15, 0.2) is 0 Å². The highest BCUT2D eigenvalue weighted by atomic mass is 32.2. The maximum Gasteiger partial charge on any atom is 0.337 e. The normalized spacial score (nSPS) is 16.7. The average molecular weight is 287 g/mol. The van der Waals surface area contributed by atoms with Gasteiger partial charge < -0.3 is 9.84 Å². The molecule has 0 aliphatic carbocycles. The topological polar surface area (TPSA) is 59.4 Å². The van der Waals surface area contributed by atoms with Crippen LogP contribution in [0.3, 0.4) is 0 Å². The molecule has 2 heterocycles. The molecule has 1 atom stereocenters. The zero-order chi connectivity index (χ0) is 13.9. The monoisotopic (exact) mass is 287 g/mol. The molecule has 4 nitrogen and oxygen atoms in total. The standard InChI is InChI=1S/C15H13NO3S/c17-15(18)11-5-12(8-16-7-11)19-9-13-6-10-3-1-2-4-14(10)20-13/h1-5,7-8,13H,6,9H2,(H,17,18). The van der Waals surface area contributed by atoms with E-state index in [9.17, 15) is 4.79 Å². The molecule has 0 spiro atoms. The molecule has 0 radical (unpaired) electrons. The molecule has 1 N–H and O–H groups in total. The predicted molar refractivity (Wildman–Crippen MR) is 76.5 cm³/mol. The molecular formula is C15H13NO3S. The summed E-state index contributed by atoms with van der Waals surface area (Å²) in [7, 11) is 0. The first-order chi connectivity index (χ1) is 9.72. The second kappa shape index (κ2) is 5.54. The van der Waals surface area contributed by atoms with E-state index in [0.717, 1.165) is 6.42 Å². The number of carboxylic acids is 1. The van der Waals surface area contributed by atoms with E-state index in [1.807, 2.05) is 12.1 Å². The van der Waals surface area contributed by atoms with Gasteiger partial charge in [-0.1, -0.05) is 18.2 Å². The molecule has 20 heavy (non-hydrogen) atoms. The molecule has 5 heteroatoms. The number of carboxylic acid groups (broad SMARTS) is 1. The summed E-state index contributed by atoms with van der Waals surface area (Å²) in [4.78, 5) is 16.0. The van der Waals surface area contributed by atoms with Gasteiger partial charge >= 0.3 is 5.97 Å². The zero-order valence-corrected chi connectivity index (χ0v) is 11.5. The summed E-state index contributed by atoms with van der Waals surface area (Å²) in [5.74, 6) is -0.493. The van der Waals surface area contributed by atoms with Crippen LogP contribution in [0.4, 0.5) is 0 Å². The van der Waals surface area contributed by atoms with Gasteiger partial charge in [-0.3, -0.25) is 4.98 Å². The van der Waals surface area contributed by atoms with Gasteiger partial charge in [-0.05, 0) is 24.1 Å². The number of benzene rings is 1. The molecule has 0 bridgehead atoms. The highest BCUT2D eigenvalue weighted by Gasteiger charge is 2.22. The number of carbonyl (C=O) groups is 1. The Morgan fingerprint density at radius 1 is 1.40 bits per heavy atom. The van der Waals surface area contributed by atoms with Crippen LogP contribution in [0.15, 0.2) is 47.6 Å². The Kier molecular flexibility index (Phi) is 3.60. The fourth-order valence-corrected chi connectivity index (χ4v) is 3.37. The van der Waals surface area contributed by atoms with Gasteiger partial charge in [-0.25, -0.2) is 4.79 Å². The van der Waals surface area contributed by atoms with Gasteiger partial charge in [-0.15, -0.1) is 11.8 Å². The van der Waals surface area contributed by atoms with Crippen molar-refractivity contribution in [2.75, 3.05) is 6.61 Å². The first kappa shape index (κ1) is 13.0. The van der Waals surface area contributed by atoms with Gasteiger partial charge in [0.1, 0.15) is 12.4 Å². The molecule has 102 valence electrons. The molecule has 0 saturated carbocycles. The van der Waals surface area contributed by atoms with Crippen LogP contribution >= 0.6 is 11.8 Å². The van der Waals surface area contributed by atoms with E-state index in [1.165, 1.54) is 22.7 Å². The lowest BCUT2D eigenvalue weighted by atomic mass is 10.1. The van der Waals surface area contributed by atoms with Crippen molar-refractivity contribution in [2.24, 2.45) is 0 Å². The van der Waals surface area contributed by atoms with Gasteiger partial charge in [0.25, 0.3) is 0 Å². The van der Waals surface area contributed by atoms with Crippen molar-refractivity contribution >= 4 is 17.7 Å². The fourth-order valence-electron chi connectivity index (χ4n) is 2.15. The number of aromatic nitrogens is 1. The van der Waals surface area contributed by atoms with Crippen LogP contribution < -0.4 is 4.74 Å². The Balaban J connectivity index is 1.61. The Morgan fingerprint density at radius 2 is 2.25 bits per heavy atom. The van der Waals surface area contributed by atoms with E-state index < -0.39 is 5.97 Å². The Labute approximate surface area is 120 Å². The fraction of sp³-hybridized carbons (Fsp3) is 0.200. The molecule has 3 rings (SSSR count). The number of nitrogens with zero attached hydrogens (tertiary/aromatic N) is 1. The van der Waals surface area contributed by atoms with Crippen LogP contribution in [0.1, 0.15) is 15.9 Å². The Bertz CT molecular complexity index is 620. The van der Waals surface area contributed by atoms with Crippen LogP contribution in [0.2, 0.25) is 0 Å². The zero-order valence-electron chi connectivity index (χ0n) is 10.7. The van der Waals surface area contributed by atoms with Crippen molar-refractivity contribution in [3.8, 4) is 5.75 Å². The molecular weight excluding hydrogens is 274 g/mol. The molecule has 1 aliphatic heterocycles. The van der Waals surface area contributed by atoms with Crippen molar-refractivity contribution < 1.29 is 14.6 Å². The maximum absolute atomic E-state index is 10.9. The number of fused-ring (bicyclic) bond motifs is 1. The van der Waals surface area contributed by atoms with E-state index in [1.54, 1.807) is 18.0 Å². The summed E-state index contributed by atoms with van der Waals surface area (Å²) >= 11 is 1.80. The molecule has 0 saturated heterocycles. The van der Waals surface area contributed by atoms with Gasteiger partial charge in [0.2, 0.25) is 0 Å². The minimum absolute atomic E-state index is 0.143. The average Bonchev–Trinajstić information content (AvgIpc) is 2.88. The number of pyridine rings is 1. The molecule has 1 aliphatic rings. The largest absolute Gasteiger partial charge is 0.491 e. The number of thioether (sulfide) groups is 1. The highest BCUT2D eigenvalue weighted by Crippen LogP contribution is 2.36. The number of aromatic carboxylic acids is 1. The summed E-state index contributed by atoms with van der Waals surface area (Å²) in [5.41, 5.74) is 1.49. The van der Waals surface area contributed by atoms with Crippen LogP contribution in [0.5, 0.6) is 5.75 Å². The van der Waals surface area contributed by atoms with Crippen LogP contribution in [-0.4, -0.2) is 27.9 Å². The molecule has 0 fully saturated rings. The van der Waals surface area contributed by atoms with Gasteiger partial charge in [0, 0.05) is 16.3 Å². The first-order valence-electron chi connectivity index (χ1n) is 6.28. The summed E-state index contributed by atoms with van der Waals surface area (Å²) in [5, 5.41) is 9.27. The second-order valence-corrected chi connectivity index (χ2v) is 5.92. The van der Waals surface area contributed by atoms with E-state index >= 15 is 0 Å². The van der Waals surface area contributed by atoms with Gasteiger partial charge in [-0.2, -0.15) is 0 Å². The number of hydrogen-bond acceptors (Lipinski definition) is 4. The summed E-state index contributed by atoms with van der Waals surface area (Å²) < 4.78 is 5.67. The SMILES string of the molecule is O=C(O)c1cncc(OCC2Cc3ccccc3S2)c1. The highest BCUT2D eigenvalue weighted by molar-refractivity contribution is 8.00. The summed E-state index contributed by atoms with van der Waals surface area (Å²) in [6.07, 6.45) is 3.83. The Hall–Kier alpha value is -2.01. The number of hydrogen-bond donors (Lipinski definition) is 1. The van der Waals surface area contributed by atoms with Crippen LogP contribution in [-0.2, 0) is 6.42 Å². The van der Waals surface area contributed by atoms with Gasteiger partial charge in [0.05, 0.1) is 11.8 Å². The molecule has 1 aromatic carbocycles. The van der Waals surface area contributed by atoms with E-state index in [-0.39, 0.29) is 5.56 Å². The van der Waals surface area contributed by atoms with Crippen molar-refractivity contribution in [1.29, 1.82) is 0 Å². The first-order valence-corrected chi connectivity index (χ1v) is 7.16. The van der Waals surface area contributed by atoms with Crippen molar-refractivity contribution in [1.82, 2.24) is 4.98 Å². The lowest BCUT2D eigenvalue weighted by molar-refractivity contribution is 0.0696. The van der Waals surface area contributed by atoms with Crippen molar-refractivity contribution in [2.45, 2.75) is 16.6 Å². The maximum atomic E-state index is 10.9. The summed E-state index contributed by atoms with van der Waals surface area (Å²) in [6, 6.07) is 9.84. The third kappa shape index (κ3) is 2.77. The third-order valence-corrected chi connectivity index (χ3v) is 4.40. The van der Waals surface area contributed by atoms with Crippen molar-refractivity contribution in [3.05, 3.63) is 53.9 Å².